The maximum absolute atomic E-state index is 12.6. The fourth-order valence-electron chi connectivity index (χ4n) is 3.37. The molecule has 0 aliphatic carbocycles. The Morgan fingerprint density at radius 1 is 1.18 bits per heavy atom. The van der Waals surface area contributed by atoms with Gasteiger partial charge in [-0.3, -0.25) is 9.69 Å². The van der Waals surface area contributed by atoms with E-state index in [1.54, 1.807) is 19.2 Å². The highest BCUT2D eigenvalue weighted by Gasteiger charge is 2.25. The van der Waals surface area contributed by atoms with Crippen LogP contribution in [0.5, 0.6) is 5.75 Å². The Morgan fingerprint density at radius 2 is 1.86 bits per heavy atom. The molecule has 1 heterocycles. The van der Waals surface area contributed by atoms with E-state index in [2.05, 4.69) is 10.2 Å². The third-order valence-electron chi connectivity index (χ3n) is 4.88. The second kappa shape index (κ2) is 9.89. The number of nitrogens with one attached hydrogen (secondary N) is 1. The number of hydrogen-bond donors (Lipinski definition) is 1. The molecule has 0 atom stereocenters. The Bertz CT molecular complexity index is 778. The molecule has 2 aromatic carbocycles. The van der Waals surface area contributed by atoms with Crippen molar-refractivity contribution < 1.29 is 18.3 Å². The highest BCUT2D eigenvalue weighted by atomic mass is 32.2. The number of methoxy groups -OCH3 is 1. The molecule has 150 valence electrons. The average Bonchev–Trinajstić information content (AvgIpc) is 2.70. The number of carbonyl (C=O) groups is 1. The first kappa shape index (κ1) is 20.6. The fourth-order valence-corrected chi connectivity index (χ4v) is 3.87. The summed E-state index contributed by atoms with van der Waals surface area (Å²) in [6.45, 7) is 2.43. The van der Waals surface area contributed by atoms with Gasteiger partial charge in [0.2, 0.25) is 5.91 Å². The monoisotopic (exact) mass is 406 g/mol. The number of amides is 1. The molecule has 0 radical (unpaired) electrons. The van der Waals surface area contributed by atoms with Gasteiger partial charge >= 0.3 is 0 Å². The first-order valence-electron chi connectivity index (χ1n) is 9.25. The largest absolute Gasteiger partial charge is 0.495 e. The third kappa shape index (κ3) is 5.69. The number of likely N-dealkylation sites (tertiary alicyclic amines) is 1. The third-order valence-corrected chi connectivity index (χ3v) is 5.60. The minimum atomic E-state index is -2.40. The molecule has 1 aliphatic heterocycles. The molecule has 1 amide bonds. The van der Waals surface area contributed by atoms with Crippen LogP contribution in [0.3, 0.4) is 0 Å². The molecule has 1 saturated heterocycles. The van der Waals surface area contributed by atoms with E-state index in [0.29, 0.717) is 28.1 Å². The zero-order valence-electron chi connectivity index (χ0n) is 15.7. The van der Waals surface area contributed by atoms with Gasteiger partial charge in [0.15, 0.2) is 0 Å². The number of rotatable bonds is 7. The first-order valence-corrected chi connectivity index (χ1v) is 10.1. The summed E-state index contributed by atoms with van der Waals surface area (Å²) >= 11 is 0.560. The van der Waals surface area contributed by atoms with Crippen LogP contribution in [-0.2, 0) is 11.3 Å². The predicted octanol–water partition coefficient (Wildman–Crippen LogP) is 4.86. The quantitative estimate of drug-likeness (QED) is 0.667. The topological polar surface area (TPSA) is 41.6 Å². The van der Waals surface area contributed by atoms with Gasteiger partial charge in [-0.1, -0.05) is 36.0 Å². The lowest BCUT2D eigenvalue weighted by atomic mass is 9.95. The highest BCUT2D eigenvalue weighted by Crippen LogP contribution is 2.27. The summed E-state index contributed by atoms with van der Waals surface area (Å²) in [4.78, 5) is 15.4. The van der Waals surface area contributed by atoms with Crippen molar-refractivity contribution in [2.75, 3.05) is 25.5 Å². The standard InChI is InChI=1S/C21H24F2N2O2S/c1-27-19-5-3-2-4-18(19)24-20(26)16-10-12-25(13-11-16)14-15-6-8-17(9-7-15)28-21(22)23/h2-9,16,21H,10-14H2,1H3,(H,24,26). The number of para-hydroxylation sites is 2. The normalized spacial score (nSPS) is 15.6. The van der Waals surface area contributed by atoms with E-state index in [9.17, 15) is 13.6 Å². The van der Waals surface area contributed by atoms with Crippen LogP contribution in [-0.4, -0.2) is 36.8 Å². The SMILES string of the molecule is COc1ccccc1NC(=O)C1CCN(Cc2ccc(SC(F)F)cc2)CC1. The highest BCUT2D eigenvalue weighted by molar-refractivity contribution is 7.99. The number of anilines is 1. The van der Waals surface area contributed by atoms with Gasteiger partial charge in [-0.15, -0.1) is 0 Å². The molecule has 0 saturated carbocycles. The second-order valence-electron chi connectivity index (χ2n) is 6.76. The maximum Gasteiger partial charge on any atom is 0.288 e. The van der Waals surface area contributed by atoms with Gasteiger partial charge in [0.05, 0.1) is 12.8 Å². The fraction of sp³-hybridized carbons (Fsp3) is 0.381. The van der Waals surface area contributed by atoms with E-state index in [1.807, 2.05) is 36.4 Å². The predicted molar refractivity (Wildman–Crippen MR) is 108 cm³/mol. The van der Waals surface area contributed by atoms with E-state index in [0.717, 1.165) is 38.0 Å². The molecule has 28 heavy (non-hydrogen) atoms. The summed E-state index contributed by atoms with van der Waals surface area (Å²) in [5.74, 6) is -1.74. The molecule has 1 aliphatic rings. The van der Waals surface area contributed by atoms with Crippen molar-refractivity contribution in [3.63, 3.8) is 0 Å². The molecule has 4 nitrogen and oxygen atoms in total. The lowest BCUT2D eigenvalue weighted by molar-refractivity contribution is -0.121. The van der Waals surface area contributed by atoms with Crippen LogP contribution < -0.4 is 10.1 Å². The van der Waals surface area contributed by atoms with Crippen LogP contribution in [0.2, 0.25) is 0 Å². The van der Waals surface area contributed by atoms with E-state index >= 15 is 0 Å². The first-order chi connectivity index (χ1) is 13.5. The lowest BCUT2D eigenvalue weighted by Crippen LogP contribution is -2.37. The second-order valence-corrected chi connectivity index (χ2v) is 7.83. The summed E-state index contributed by atoms with van der Waals surface area (Å²) in [6.07, 6.45) is 1.58. The van der Waals surface area contributed by atoms with Crippen LogP contribution in [0.25, 0.3) is 0 Å². The van der Waals surface area contributed by atoms with Crippen LogP contribution in [0, 0.1) is 5.92 Å². The van der Waals surface area contributed by atoms with Gasteiger partial charge < -0.3 is 10.1 Å². The minimum absolute atomic E-state index is 0.0222. The van der Waals surface area contributed by atoms with E-state index in [4.69, 9.17) is 4.74 Å². The van der Waals surface area contributed by atoms with Crippen molar-refractivity contribution in [1.82, 2.24) is 4.90 Å². The molecule has 3 rings (SSSR count). The molecule has 2 aromatic rings. The molecule has 1 N–H and O–H groups in total. The Hall–Kier alpha value is -2.12. The molecule has 0 spiro atoms. The van der Waals surface area contributed by atoms with E-state index < -0.39 is 5.76 Å². The van der Waals surface area contributed by atoms with Crippen LogP contribution in [0.4, 0.5) is 14.5 Å². The number of thioether (sulfide) groups is 1. The van der Waals surface area contributed by atoms with Gasteiger partial charge in [0.1, 0.15) is 5.75 Å². The Morgan fingerprint density at radius 3 is 2.50 bits per heavy atom. The van der Waals surface area contributed by atoms with Crippen LogP contribution >= 0.6 is 11.8 Å². The number of hydrogen-bond acceptors (Lipinski definition) is 4. The van der Waals surface area contributed by atoms with Crippen molar-refractivity contribution in [2.24, 2.45) is 5.92 Å². The molecular weight excluding hydrogens is 382 g/mol. The maximum atomic E-state index is 12.6. The number of ether oxygens (including phenoxy) is 1. The van der Waals surface area contributed by atoms with Crippen molar-refractivity contribution in [1.29, 1.82) is 0 Å². The van der Waals surface area contributed by atoms with E-state index in [1.165, 1.54) is 0 Å². The molecule has 1 fully saturated rings. The molecule has 0 aromatic heterocycles. The van der Waals surface area contributed by atoms with Gasteiger partial charge in [-0.25, -0.2) is 0 Å². The number of nitrogens with zero attached hydrogens (tertiary/aromatic N) is 1. The number of alkyl halides is 2. The molecule has 7 heteroatoms. The Kier molecular flexibility index (Phi) is 7.28. The van der Waals surface area contributed by atoms with Crippen LogP contribution in [0.1, 0.15) is 18.4 Å². The number of benzene rings is 2. The lowest BCUT2D eigenvalue weighted by Gasteiger charge is -2.31. The minimum Gasteiger partial charge on any atom is -0.495 e. The zero-order chi connectivity index (χ0) is 19.9. The number of halogens is 2. The zero-order valence-corrected chi connectivity index (χ0v) is 16.6. The van der Waals surface area contributed by atoms with Crippen molar-refractivity contribution in [3.8, 4) is 5.75 Å². The average molecular weight is 406 g/mol. The van der Waals surface area contributed by atoms with Crippen molar-refractivity contribution >= 4 is 23.4 Å². The molecule has 0 unspecified atom stereocenters. The summed E-state index contributed by atoms with van der Waals surface area (Å²) < 4.78 is 30.1. The Balaban J connectivity index is 1.48. The van der Waals surface area contributed by atoms with Crippen LogP contribution in [0.15, 0.2) is 53.4 Å². The number of piperidine rings is 1. The van der Waals surface area contributed by atoms with Gasteiger partial charge in [-0.05, 0) is 55.8 Å². The smallest absolute Gasteiger partial charge is 0.288 e. The molecular formula is C21H24F2N2O2S. The van der Waals surface area contributed by atoms with Gasteiger partial charge in [0, 0.05) is 17.4 Å². The summed E-state index contributed by atoms with van der Waals surface area (Å²) in [6, 6.07) is 14.7. The van der Waals surface area contributed by atoms with Crippen molar-refractivity contribution in [3.05, 3.63) is 54.1 Å². The number of carbonyl (C=O) groups excluding carboxylic acids is 1. The summed E-state index contributed by atoms with van der Waals surface area (Å²) in [5, 5.41) is 2.97. The Labute approximate surface area is 168 Å². The molecule has 0 bridgehead atoms. The summed E-state index contributed by atoms with van der Waals surface area (Å²) in [5.41, 5.74) is 1.79. The van der Waals surface area contributed by atoms with Gasteiger partial charge in [-0.2, -0.15) is 8.78 Å². The van der Waals surface area contributed by atoms with Gasteiger partial charge in [0.25, 0.3) is 5.76 Å². The summed E-state index contributed by atoms with van der Waals surface area (Å²) in [7, 11) is 1.59. The van der Waals surface area contributed by atoms with Crippen molar-refractivity contribution in [2.45, 2.75) is 30.0 Å². The van der Waals surface area contributed by atoms with E-state index in [-0.39, 0.29) is 11.8 Å².